The van der Waals surface area contributed by atoms with E-state index in [9.17, 15) is 15.0 Å². The van der Waals surface area contributed by atoms with Gasteiger partial charge in [0.1, 0.15) is 0 Å². The van der Waals surface area contributed by atoms with Crippen LogP contribution >= 0.6 is 23.1 Å². The van der Waals surface area contributed by atoms with Gasteiger partial charge in [0.25, 0.3) is 0 Å². The summed E-state index contributed by atoms with van der Waals surface area (Å²) in [6.07, 6.45) is 11.4. The summed E-state index contributed by atoms with van der Waals surface area (Å²) in [5.74, 6) is 0.342. The minimum atomic E-state index is -0.759. The lowest BCUT2D eigenvalue weighted by molar-refractivity contribution is -0.137. The standard InChI is InChI=1S/C21H30O4S2/c1-15-8-13-21(27-15)26-14-17(22)11-9-16-10-12-19(23)18(16)6-4-2-3-5-7-20(24)25/h2,4,8-9,11,13,16-19,22-23H,3,5-7,10,12,14H2,1H3,(H,24,25)/t16-,17+,18+,19?/m0/s1. The van der Waals surface area contributed by atoms with Crippen LogP contribution in [0.1, 0.15) is 43.4 Å². The van der Waals surface area contributed by atoms with Crippen molar-refractivity contribution in [1.82, 2.24) is 0 Å². The maximum absolute atomic E-state index is 10.5. The topological polar surface area (TPSA) is 77.8 Å². The highest BCUT2D eigenvalue weighted by atomic mass is 32.2. The zero-order valence-corrected chi connectivity index (χ0v) is 17.4. The zero-order chi connectivity index (χ0) is 19.6. The first-order valence-electron chi connectivity index (χ1n) is 9.56. The van der Waals surface area contributed by atoms with E-state index < -0.39 is 12.1 Å². The number of aliphatic hydroxyl groups is 2. The molecule has 0 aromatic carbocycles. The van der Waals surface area contributed by atoms with Gasteiger partial charge in [0, 0.05) is 17.1 Å². The highest BCUT2D eigenvalue weighted by Gasteiger charge is 2.32. The second-order valence-electron chi connectivity index (χ2n) is 7.09. The van der Waals surface area contributed by atoms with Crippen LogP contribution < -0.4 is 0 Å². The highest BCUT2D eigenvalue weighted by molar-refractivity contribution is 8.01. The number of aryl methyl sites for hydroxylation is 1. The normalized spacial score (nSPS) is 24.2. The number of unbranched alkanes of at least 4 members (excludes halogenated alkanes) is 1. The minimum absolute atomic E-state index is 0.178. The number of aliphatic carboxylic acids is 1. The average molecular weight is 411 g/mol. The quantitative estimate of drug-likeness (QED) is 0.281. The molecule has 0 radical (unpaired) electrons. The number of hydrogen-bond acceptors (Lipinski definition) is 5. The lowest BCUT2D eigenvalue weighted by Crippen LogP contribution is -2.18. The molecule has 4 atom stereocenters. The number of carboxylic acid groups (broad SMARTS) is 1. The van der Waals surface area contributed by atoms with Crippen molar-refractivity contribution in [2.24, 2.45) is 11.8 Å². The van der Waals surface area contributed by atoms with Crippen molar-refractivity contribution in [3.8, 4) is 0 Å². The van der Waals surface area contributed by atoms with Gasteiger partial charge in [-0.15, -0.1) is 23.1 Å². The third-order valence-electron chi connectivity index (χ3n) is 4.87. The number of rotatable bonds is 11. The van der Waals surface area contributed by atoms with Crippen molar-refractivity contribution in [2.75, 3.05) is 5.75 Å². The molecule has 1 aromatic rings. The van der Waals surface area contributed by atoms with E-state index in [1.165, 1.54) is 9.09 Å². The Labute approximate surface area is 170 Å². The summed E-state index contributed by atoms with van der Waals surface area (Å²) in [5.41, 5.74) is 0. The number of thiophene rings is 1. The van der Waals surface area contributed by atoms with E-state index >= 15 is 0 Å². The Balaban J connectivity index is 1.74. The molecule has 6 heteroatoms. The van der Waals surface area contributed by atoms with E-state index in [-0.39, 0.29) is 24.4 Å². The van der Waals surface area contributed by atoms with Gasteiger partial charge in [-0.05, 0) is 63.0 Å². The largest absolute Gasteiger partial charge is 0.481 e. The molecule has 0 saturated heterocycles. The van der Waals surface area contributed by atoms with Gasteiger partial charge in [-0.1, -0.05) is 24.3 Å². The summed E-state index contributed by atoms with van der Waals surface area (Å²) in [7, 11) is 0. The van der Waals surface area contributed by atoms with Gasteiger partial charge in [-0.25, -0.2) is 0 Å². The molecule has 4 nitrogen and oxygen atoms in total. The molecule has 0 amide bonds. The van der Waals surface area contributed by atoms with Crippen LogP contribution in [0.25, 0.3) is 0 Å². The summed E-state index contributed by atoms with van der Waals surface area (Å²) in [6, 6.07) is 4.18. The van der Waals surface area contributed by atoms with Gasteiger partial charge < -0.3 is 15.3 Å². The van der Waals surface area contributed by atoms with E-state index in [2.05, 4.69) is 31.2 Å². The summed E-state index contributed by atoms with van der Waals surface area (Å²) < 4.78 is 1.22. The van der Waals surface area contributed by atoms with Crippen LogP contribution in [0.15, 0.2) is 40.6 Å². The van der Waals surface area contributed by atoms with Crippen molar-refractivity contribution in [3.63, 3.8) is 0 Å². The van der Waals surface area contributed by atoms with Crippen molar-refractivity contribution in [2.45, 2.75) is 61.9 Å². The van der Waals surface area contributed by atoms with E-state index in [1.807, 2.05) is 12.2 Å². The van der Waals surface area contributed by atoms with Crippen molar-refractivity contribution in [3.05, 3.63) is 41.3 Å². The monoisotopic (exact) mass is 410 g/mol. The Morgan fingerprint density at radius 3 is 2.89 bits per heavy atom. The molecule has 1 saturated carbocycles. The third kappa shape index (κ3) is 8.21. The second-order valence-corrected chi connectivity index (χ2v) is 9.70. The molecule has 1 heterocycles. The van der Waals surface area contributed by atoms with Crippen LogP contribution in [-0.4, -0.2) is 39.2 Å². The van der Waals surface area contributed by atoms with Crippen molar-refractivity contribution >= 4 is 29.1 Å². The first-order chi connectivity index (χ1) is 13.0. The first-order valence-corrected chi connectivity index (χ1v) is 11.4. The highest BCUT2D eigenvalue weighted by Crippen LogP contribution is 2.36. The number of allylic oxidation sites excluding steroid dienone is 3. The van der Waals surface area contributed by atoms with Gasteiger partial charge in [-0.3, -0.25) is 4.79 Å². The molecule has 0 bridgehead atoms. The predicted octanol–water partition coefficient (Wildman–Crippen LogP) is 4.65. The molecule has 1 aliphatic rings. The van der Waals surface area contributed by atoms with Gasteiger partial charge in [0.05, 0.1) is 16.4 Å². The number of carbonyl (C=O) groups is 1. The van der Waals surface area contributed by atoms with E-state index in [1.54, 1.807) is 23.1 Å². The van der Waals surface area contributed by atoms with Crippen LogP contribution in [0.4, 0.5) is 0 Å². The number of hydrogen-bond donors (Lipinski definition) is 3. The molecule has 1 aromatic heterocycles. The molecule has 0 spiro atoms. The number of aliphatic hydroxyl groups excluding tert-OH is 2. The Morgan fingerprint density at radius 1 is 1.37 bits per heavy atom. The smallest absolute Gasteiger partial charge is 0.303 e. The Morgan fingerprint density at radius 2 is 2.19 bits per heavy atom. The summed E-state index contributed by atoms with van der Waals surface area (Å²) in [5, 5.41) is 29.1. The maximum Gasteiger partial charge on any atom is 0.303 e. The second kappa shape index (κ2) is 11.7. The van der Waals surface area contributed by atoms with Crippen molar-refractivity contribution < 1.29 is 20.1 Å². The van der Waals surface area contributed by atoms with Crippen LogP contribution in [-0.2, 0) is 4.79 Å². The fourth-order valence-electron chi connectivity index (χ4n) is 3.37. The molecular formula is C21H30O4S2. The Hall–Kier alpha value is -1.08. The number of thioether (sulfide) groups is 1. The molecule has 1 fully saturated rings. The maximum atomic E-state index is 10.5. The molecular weight excluding hydrogens is 380 g/mol. The molecule has 3 N–H and O–H groups in total. The molecule has 2 rings (SSSR count). The van der Waals surface area contributed by atoms with E-state index in [0.717, 1.165) is 25.7 Å². The van der Waals surface area contributed by atoms with E-state index in [0.29, 0.717) is 12.2 Å². The van der Waals surface area contributed by atoms with Gasteiger partial charge in [0.15, 0.2) is 0 Å². The van der Waals surface area contributed by atoms with Crippen LogP contribution in [0.5, 0.6) is 0 Å². The summed E-state index contributed by atoms with van der Waals surface area (Å²) in [4.78, 5) is 11.8. The zero-order valence-electron chi connectivity index (χ0n) is 15.8. The number of carboxylic acids is 1. The third-order valence-corrected chi connectivity index (χ3v) is 7.20. The first kappa shape index (κ1) is 22.2. The Bertz CT molecular complexity index is 638. The summed E-state index contributed by atoms with van der Waals surface area (Å²) in [6.45, 7) is 2.08. The van der Waals surface area contributed by atoms with Crippen molar-refractivity contribution in [1.29, 1.82) is 0 Å². The SMILES string of the molecule is Cc1ccc(SC[C@H](O)C=C[C@H]2CCC(O)[C@@H]2CC=CCCCC(=O)O)s1. The lowest BCUT2D eigenvalue weighted by atomic mass is 9.90. The fraction of sp³-hybridized carbons (Fsp3) is 0.571. The fourth-order valence-corrected chi connectivity index (χ4v) is 5.41. The van der Waals surface area contributed by atoms with Crippen LogP contribution in [0.2, 0.25) is 0 Å². The van der Waals surface area contributed by atoms with Gasteiger partial charge >= 0.3 is 5.97 Å². The minimum Gasteiger partial charge on any atom is -0.481 e. The molecule has 1 aliphatic carbocycles. The molecule has 27 heavy (non-hydrogen) atoms. The average Bonchev–Trinajstić information content (AvgIpc) is 3.20. The van der Waals surface area contributed by atoms with Gasteiger partial charge in [0.2, 0.25) is 0 Å². The Kier molecular flexibility index (Phi) is 9.62. The van der Waals surface area contributed by atoms with Crippen LogP contribution in [0.3, 0.4) is 0 Å². The molecule has 1 unspecified atom stereocenters. The van der Waals surface area contributed by atoms with E-state index in [4.69, 9.17) is 5.11 Å². The lowest BCUT2D eigenvalue weighted by Gasteiger charge is -2.18. The summed E-state index contributed by atoms with van der Waals surface area (Å²) >= 11 is 3.42. The van der Waals surface area contributed by atoms with Gasteiger partial charge in [-0.2, -0.15) is 0 Å². The molecule has 0 aliphatic heterocycles. The van der Waals surface area contributed by atoms with Crippen LogP contribution in [0, 0.1) is 18.8 Å². The predicted molar refractivity (Wildman–Crippen MR) is 112 cm³/mol. The molecule has 150 valence electrons.